The molecule has 0 fully saturated rings. The quantitative estimate of drug-likeness (QED) is 0.791. The number of hydrogen-bond donors (Lipinski definition) is 1. The molecule has 0 heterocycles. The van der Waals surface area contributed by atoms with Gasteiger partial charge in [0.1, 0.15) is 0 Å². The summed E-state index contributed by atoms with van der Waals surface area (Å²) in [7, 11) is 0. The summed E-state index contributed by atoms with van der Waals surface area (Å²) >= 11 is 14.1. The van der Waals surface area contributed by atoms with Gasteiger partial charge in [0.15, 0.2) is 0 Å². The van der Waals surface area contributed by atoms with Crippen LogP contribution in [0.5, 0.6) is 0 Å². The molecule has 0 saturated heterocycles. The van der Waals surface area contributed by atoms with Gasteiger partial charge in [-0.05, 0) is 34.1 Å². The maximum absolute atomic E-state index is 12.5. The van der Waals surface area contributed by atoms with E-state index in [9.17, 15) is 13.2 Å². The Hall–Kier alpha value is -0.390. The lowest BCUT2D eigenvalue weighted by molar-refractivity contribution is -0.137. The van der Waals surface area contributed by atoms with Crippen molar-refractivity contribution in [2.45, 2.75) is 6.18 Å². The smallest absolute Gasteiger partial charge is 0.379 e. The minimum Gasteiger partial charge on any atom is -0.379 e. The van der Waals surface area contributed by atoms with Gasteiger partial charge in [0.05, 0.1) is 12.1 Å². The van der Waals surface area contributed by atoms with Gasteiger partial charge in [0.25, 0.3) is 0 Å². The predicted octanol–water partition coefficient (Wildman–Crippen LogP) is 5.20. The summed E-state index contributed by atoms with van der Waals surface area (Å²) in [5.74, 6) is 0. The van der Waals surface area contributed by atoms with Crippen LogP contribution in [-0.2, 0) is 6.18 Å². The van der Waals surface area contributed by atoms with E-state index in [1.165, 1.54) is 6.07 Å². The Bertz CT molecular complexity index is 432. The molecule has 0 spiro atoms. The number of benzene rings is 1. The normalized spacial score (nSPS) is 12.7. The van der Waals surface area contributed by atoms with Crippen LogP contribution in [0.1, 0.15) is 5.56 Å². The van der Waals surface area contributed by atoms with Gasteiger partial charge >= 0.3 is 6.18 Å². The lowest BCUT2D eigenvalue weighted by Gasteiger charge is -2.12. The third-order valence-corrected chi connectivity index (χ3v) is 3.17. The molecule has 0 atom stereocenters. The Morgan fingerprint density at radius 1 is 1.41 bits per heavy atom. The summed E-state index contributed by atoms with van der Waals surface area (Å²) < 4.78 is 37.9. The molecule has 0 aliphatic carbocycles. The van der Waals surface area contributed by atoms with Crippen LogP contribution in [-0.4, -0.2) is 6.54 Å². The summed E-state index contributed by atoms with van der Waals surface area (Å²) in [6, 6.07) is 3.32. The summed E-state index contributed by atoms with van der Waals surface area (Å²) in [5, 5.41) is 3.05. The van der Waals surface area contributed by atoms with E-state index in [-0.39, 0.29) is 6.54 Å². The van der Waals surface area contributed by atoms with Crippen molar-refractivity contribution in [1.29, 1.82) is 0 Å². The van der Waals surface area contributed by atoms with Crippen LogP contribution in [0.4, 0.5) is 18.9 Å². The highest BCUT2D eigenvalue weighted by Gasteiger charge is 2.30. The van der Waals surface area contributed by atoms with E-state index >= 15 is 0 Å². The van der Waals surface area contributed by atoms with Crippen molar-refractivity contribution in [2.75, 3.05) is 11.9 Å². The van der Waals surface area contributed by atoms with E-state index in [0.29, 0.717) is 15.2 Å². The SMILES string of the molecule is FC(F)(F)c1ccc(Br)c(NC/C(Cl)=C/Cl)c1. The van der Waals surface area contributed by atoms with Crippen molar-refractivity contribution >= 4 is 44.8 Å². The van der Waals surface area contributed by atoms with Crippen molar-refractivity contribution in [2.24, 2.45) is 0 Å². The van der Waals surface area contributed by atoms with Crippen LogP contribution in [0.3, 0.4) is 0 Å². The number of hydrogen-bond acceptors (Lipinski definition) is 1. The zero-order valence-corrected chi connectivity index (χ0v) is 11.4. The topological polar surface area (TPSA) is 12.0 Å². The summed E-state index contributed by atoms with van der Waals surface area (Å²) in [4.78, 5) is 0. The van der Waals surface area contributed by atoms with Crippen LogP contribution in [0.15, 0.2) is 33.2 Å². The maximum Gasteiger partial charge on any atom is 0.416 e. The molecular formula is C10H7BrCl2F3N. The fourth-order valence-corrected chi connectivity index (χ4v) is 1.59. The monoisotopic (exact) mass is 347 g/mol. The maximum atomic E-state index is 12.5. The van der Waals surface area contributed by atoms with E-state index in [2.05, 4.69) is 21.2 Å². The predicted molar refractivity (Wildman–Crippen MR) is 67.4 cm³/mol. The molecule has 7 heteroatoms. The van der Waals surface area contributed by atoms with E-state index in [4.69, 9.17) is 23.2 Å². The summed E-state index contributed by atoms with van der Waals surface area (Å²) in [5.41, 5.74) is 0.724. The fraction of sp³-hybridized carbons (Fsp3) is 0.200. The van der Waals surface area contributed by atoms with Crippen LogP contribution >= 0.6 is 39.1 Å². The molecule has 0 saturated carbocycles. The van der Waals surface area contributed by atoms with Crippen molar-refractivity contribution < 1.29 is 13.2 Å². The van der Waals surface area contributed by atoms with Gasteiger partial charge in [0.2, 0.25) is 0 Å². The van der Waals surface area contributed by atoms with Crippen LogP contribution in [0.2, 0.25) is 0 Å². The van der Waals surface area contributed by atoms with Crippen molar-refractivity contribution in [3.05, 3.63) is 38.8 Å². The van der Waals surface area contributed by atoms with Gasteiger partial charge in [0, 0.05) is 20.7 Å². The molecule has 0 radical (unpaired) electrons. The third kappa shape index (κ3) is 4.41. The number of nitrogens with one attached hydrogen (secondary N) is 1. The van der Waals surface area contributed by atoms with Gasteiger partial charge in [-0.2, -0.15) is 13.2 Å². The molecule has 94 valence electrons. The number of rotatable bonds is 3. The minimum atomic E-state index is -4.37. The molecule has 1 rings (SSSR count). The summed E-state index contributed by atoms with van der Waals surface area (Å²) in [6.45, 7) is 0.158. The third-order valence-electron chi connectivity index (χ3n) is 1.86. The highest BCUT2D eigenvalue weighted by molar-refractivity contribution is 9.10. The number of halogens is 6. The van der Waals surface area contributed by atoms with E-state index in [0.717, 1.165) is 17.7 Å². The van der Waals surface area contributed by atoms with Crippen LogP contribution in [0.25, 0.3) is 0 Å². The Morgan fingerprint density at radius 2 is 2.06 bits per heavy atom. The molecule has 1 nitrogen and oxygen atoms in total. The number of alkyl halides is 3. The molecule has 1 aromatic rings. The molecule has 0 aliphatic heterocycles. The molecule has 0 amide bonds. The first kappa shape index (κ1) is 14.7. The first-order valence-electron chi connectivity index (χ1n) is 4.40. The molecule has 0 aromatic heterocycles. The second-order valence-corrected chi connectivity index (χ2v) is 4.66. The molecule has 0 aliphatic rings. The van der Waals surface area contributed by atoms with Gasteiger partial charge in [-0.3, -0.25) is 0 Å². The standard InChI is InChI=1S/C10H7BrCl2F3N/c11-8-2-1-6(10(14,15)16)3-9(8)17-5-7(13)4-12/h1-4,17H,5H2/b7-4-. The second-order valence-electron chi connectivity index (χ2n) is 3.10. The zero-order valence-electron chi connectivity index (χ0n) is 8.28. The van der Waals surface area contributed by atoms with Crippen LogP contribution < -0.4 is 5.32 Å². The highest BCUT2D eigenvalue weighted by atomic mass is 79.9. The highest BCUT2D eigenvalue weighted by Crippen LogP contribution is 2.34. The van der Waals surface area contributed by atoms with Gasteiger partial charge in [-0.25, -0.2) is 0 Å². The Kier molecular flexibility index (Phi) is 5.16. The first-order valence-corrected chi connectivity index (χ1v) is 6.00. The van der Waals surface area contributed by atoms with Gasteiger partial charge < -0.3 is 5.32 Å². The first-order chi connectivity index (χ1) is 7.84. The lowest BCUT2D eigenvalue weighted by atomic mass is 10.2. The fourth-order valence-electron chi connectivity index (χ4n) is 1.06. The Labute approximate surface area is 115 Å². The average molecular weight is 349 g/mol. The lowest BCUT2D eigenvalue weighted by Crippen LogP contribution is -2.07. The number of anilines is 1. The van der Waals surface area contributed by atoms with Crippen molar-refractivity contribution in [1.82, 2.24) is 0 Å². The van der Waals surface area contributed by atoms with E-state index in [1.807, 2.05) is 0 Å². The van der Waals surface area contributed by atoms with Crippen molar-refractivity contribution in [3.8, 4) is 0 Å². The largest absolute Gasteiger partial charge is 0.416 e. The van der Waals surface area contributed by atoms with Gasteiger partial charge in [-0.15, -0.1) is 0 Å². The minimum absolute atomic E-state index is 0.158. The molecule has 0 unspecified atom stereocenters. The molecule has 17 heavy (non-hydrogen) atoms. The van der Waals surface area contributed by atoms with E-state index < -0.39 is 11.7 Å². The second kappa shape index (κ2) is 5.98. The Morgan fingerprint density at radius 3 is 2.59 bits per heavy atom. The van der Waals surface area contributed by atoms with E-state index in [1.54, 1.807) is 0 Å². The average Bonchev–Trinajstić information content (AvgIpc) is 2.26. The molecule has 0 bridgehead atoms. The molecular weight excluding hydrogens is 342 g/mol. The Balaban J connectivity index is 2.91. The zero-order chi connectivity index (χ0) is 13.1. The van der Waals surface area contributed by atoms with Gasteiger partial charge in [-0.1, -0.05) is 23.2 Å². The molecule has 1 N–H and O–H groups in total. The van der Waals surface area contributed by atoms with Crippen molar-refractivity contribution in [3.63, 3.8) is 0 Å². The van der Waals surface area contributed by atoms with Crippen LogP contribution in [0, 0.1) is 0 Å². The summed E-state index contributed by atoms with van der Waals surface area (Å²) in [6.07, 6.45) is -4.37. The molecule has 1 aromatic carbocycles.